The molecular formula is C18H15ClFN3OS. The van der Waals surface area contributed by atoms with Crippen LogP contribution >= 0.6 is 23.4 Å². The topological polar surface area (TPSA) is 53.5 Å². The molecule has 0 bridgehead atoms. The van der Waals surface area contributed by atoms with E-state index in [0.29, 0.717) is 22.0 Å². The second kappa shape index (κ2) is 7.72. The van der Waals surface area contributed by atoms with E-state index in [4.69, 9.17) is 11.6 Å². The van der Waals surface area contributed by atoms with E-state index in [9.17, 15) is 9.18 Å². The van der Waals surface area contributed by atoms with Crippen LogP contribution in [0.2, 0.25) is 0 Å². The van der Waals surface area contributed by atoms with Crippen molar-refractivity contribution in [1.82, 2.24) is 5.43 Å². The molecule has 1 heterocycles. The molecule has 0 radical (unpaired) electrons. The Morgan fingerprint density at radius 2 is 2.12 bits per heavy atom. The van der Waals surface area contributed by atoms with Crippen molar-refractivity contribution in [3.8, 4) is 0 Å². The Morgan fingerprint density at radius 1 is 1.32 bits per heavy atom. The zero-order chi connectivity index (χ0) is 17.8. The molecule has 2 amide bonds. The number of rotatable bonds is 3. The first kappa shape index (κ1) is 17.5. The lowest BCUT2D eigenvalue weighted by molar-refractivity contribution is 0.252. The summed E-state index contributed by atoms with van der Waals surface area (Å²) >= 11 is 7.88. The van der Waals surface area contributed by atoms with E-state index in [1.165, 1.54) is 18.3 Å². The van der Waals surface area contributed by atoms with Gasteiger partial charge in [0.2, 0.25) is 0 Å². The smallest absolute Gasteiger partial charge is 0.306 e. The minimum Gasteiger partial charge on any atom is -0.306 e. The highest BCUT2D eigenvalue weighted by Gasteiger charge is 2.17. The van der Waals surface area contributed by atoms with Crippen LogP contribution < -0.4 is 10.7 Å². The van der Waals surface area contributed by atoms with Crippen LogP contribution in [0.4, 0.5) is 14.9 Å². The van der Waals surface area contributed by atoms with E-state index >= 15 is 0 Å². The van der Waals surface area contributed by atoms with Gasteiger partial charge in [0.1, 0.15) is 5.82 Å². The van der Waals surface area contributed by atoms with Gasteiger partial charge in [-0.3, -0.25) is 0 Å². The maximum atomic E-state index is 13.4. The molecular weight excluding hydrogens is 361 g/mol. The van der Waals surface area contributed by atoms with Crippen molar-refractivity contribution >= 4 is 46.3 Å². The van der Waals surface area contributed by atoms with Crippen molar-refractivity contribution in [1.29, 1.82) is 0 Å². The van der Waals surface area contributed by atoms with Crippen molar-refractivity contribution < 1.29 is 9.18 Å². The number of carbonyl (C=O) groups excluding carboxylic acids is 1. The Labute approximate surface area is 154 Å². The summed E-state index contributed by atoms with van der Waals surface area (Å²) in [7, 11) is 0. The molecule has 7 heteroatoms. The Kier molecular flexibility index (Phi) is 5.40. The quantitative estimate of drug-likeness (QED) is 0.586. The third-order valence-electron chi connectivity index (χ3n) is 3.62. The van der Waals surface area contributed by atoms with Crippen LogP contribution in [0.1, 0.15) is 11.1 Å². The number of nitrogens with one attached hydrogen (secondary N) is 2. The lowest BCUT2D eigenvalue weighted by atomic mass is 10.1. The van der Waals surface area contributed by atoms with Gasteiger partial charge in [0, 0.05) is 27.5 Å². The molecule has 128 valence electrons. The molecule has 0 saturated heterocycles. The number of hydrazone groups is 1. The van der Waals surface area contributed by atoms with Crippen LogP contribution in [0.15, 0.2) is 58.0 Å². The zero-order valence-corrected chi connectivity index (χ0v) is 14.9. The van der Waals surface area contributed by atoms with Crippen LogP contribution in [-0.2, 0) is 0 Å². The fourth-order valence-corrected chi connectivity index (χ4v) is 3.74. The summed E-state index contributed by atoms with van der Waals surface area (Å²) in [5.74, 6) is 0.258. The number of para-hydroxylation sites is 1. The minimum atomic E-state index is -0.447. The third kappa shape index (κ3) is 4.21. The lowest BCUT2D eigenvalue weighted by Gasteiger charge is -2.16. The molecule has 0 spiro atoms. The van der Waals surface area contributed by atoms with Gasteiger partial charge < -0.3 is 5.32 Å². The Morgan fingerprint density at radius 3 is 2.92 bits per heavy atom. The highest BCUT2D eigenvalue weighted by atomic mass is 35.5. The lowest BCUT2D eigenvalue weighted by Crippen LogP contribution is -2.24. The molecule has 3 rings (SSSR count). The van der Waals surface area contributed by atoms with Crippen LogP contribution in [-0.4, -0.2) is 18.0 Å². The van der Waals surface area contributed by atoms with E-state index in [1.54, 1.807) is 23.9 Å². The standard InChI is InChI=1S/C18H15ClFN3OS/c1-11-4-2-3-5-15(11)22-18(24)23-21-9-12-10-25-16-7-6-13(20)8-14(16)17(12)19/h2-9H,10H2,1H3,(H2,22,23,24)/b21-9+. The summed E-state index contributed by atoms with van der Waals surface area (Å²) < 4.78 is 13.4. The van der Waals surface area contributed by atoms with Gasteiger partial charge in [-0.25, -0.2) is 14.6 Å². The molecule has 0 aromatic heterocycles. The summed E-state index contributed by atoms with van der Waals surface area (Å²) in [5, 5.41) is 7.09. The monoisotopic (exact) mass is 375 g/mol. The van der Waals surface area contributed by atoms with Gasteiger partial charge in [-0.2, -0.15) is 5.10 Å². The number of thioether (sulfide) groups is 1. The summed E-state index contributed by atoms with van der Waals surface area (Å²) in [6.45, 7) is 1.90. The highest BCUT2D eigenvalue weighted by Crippen LogP contribution is 2.38. The largest absolute Gasteiger partial charge is 0.339 e. The number of benzene rings is 2. The molecule has 0 atom stereocenters. The predicted octanol–water partition coefficient (Wildman–Crippen LogP) is 5.00. The average Bonchev–Trinajstić information content (AvgIpc) is 2.59. The first-order valence-electron chi connectivity index (χ1n) is 7.51. The molecule has 1 aliphatic rings. The molecule has 4 nitrogen and oxygen atoms in total. The van der Waals surface area contributed by atoms with Crippen molar-refractivity contribution in [2.45, 2.75) is 11.8 Å². The number of carbonyl (C=O) groups is 1. The second-order valence-electron chi connectivity index (χ2n) is 5.41. The summed E-state index contributed by atoms with van der Waals surface area (Å²) in [6.07, 6.45) is 1.49. The van der Waals surface area contributed by atoms with E-state index < -0.39 is 6.03 Å². The molecule has 0 fully saturated rings. The fraction of sp³-hybridized carbons (Fsp3) is 0.111. The minimum absolute atomic E-state index is 0.341. The SMILES string of the molecule is Cc1ccccc1NC(=O)N/N=C/C1=C(Cl)c2cc(F)ccc2SC1. The van der Waals surface area contributed by atoms with Crippen LogP contribution in [0.25, 0.3) is 5.03 Å². The number of nitrogens with zero attached hydrogens (tertiary/aromatic N) is 1. The first-order chi connectivity index (χ1) is 12.0. The predicted molar refractivity (Wildman–Crippen MR) is 102 cm³/mol. The molecule has 1 aliphatic heterocycles. The van der Waals surface area contributed by atoms with E-state index in [1.807, 2.05) is 25.1 Å². The molecule has 2 N–H and O–H groups in total. The normalized spacial score (nSPS) is 13.7. The van der Waals surface area contributed by atoms with Crippen molar-refractivity contribution in [3.63, 3.8) is 0 Å². The zero-order valence-electron chi connectivity index (χ0n) is 13.3. The second-order valence-corrected chi connectivity index (χ2v) is 6.80. The third-order valence-corrected chi connectivity index (χ3v) is 5.19. The fourth-order valence-electron chi connectivity index (χ4n) is 2.32. The van der Waals surface area contributed by atoms with E-state index in [2.05, 4.69) is 15.8 Å². The van der Waals surface area contributed by atoms with Crippen molar-refractivity contribution in [2.24, 2.45) is 5.10 Å². The Balaban J connectivity index is 1.67. The van der Waals surface area contributed by atoms with Gasteiger partial charge in [-0.15, -0.1) is 11.8 Å². The van der Waals surface area contributed by atoms with Gasteiger partial charge in [-0.05, 0) is 36.8 Å². The van der Waals surface area contributed by atoms with Gasteiger partial charge >= 0.3 is 6.03 Å². The van der Waals surface area contributed by atoms with Gasteiger partial charge in [0.15, 0.2) is 0 Å². The molecule has 0 saturated carbocycles. The van der Waals surface area contributed by atoms with Crippen LogP contribution in [0, 0.1) is 12.7 Å². The molecule has 0 unspecified atom stereocenters. The Hall–Kier alpha value is -2.31. The number of anilines is 1. The summed E-state index contributed by atoms with van der Waals surface area (Å²) in [4.78, 5) is 12.8. The maximum Gasteiger partial charge on any atom is 0.339 e. The number of urea groups is 1. The Bertz CT molecular complexity index is 882. The molecule has 0 aliphatic carbocycles. The van der Waals surface area contributed by atoms with Gasteiger partial charge in [0.05, 0.1) is 11.2 Å². The number of aryl methyl sites for hydroxylation is 1. The van der Waals surface area contributed by atoms with Crippen LogP contribution in [0.3, 0.4) is 0 Å². The number of fused-ring (bicyclic) bond motifs is 1. The van der Waals surface area contributed by atoms with E-state index in [0.717, 1.165) is 16.0 Å². The number of hydrogen-bond acceptors (Lipinski definition) is 3. The molecule has 2 aromatic rings. The van der Waals surface area contributed by atoms with E-state index in [-0.39, 0.29) is 5.82 Å². The average molecular weight is 376 g/mol. The summed E-state index contributed by atoms with van der Waals surface area (Å²) in [6, 6.07) is 11.5. The summed E-state index contributed by atoms with van der Waals surface area (Å²) in [5.41, 5.74) is 5.44. The van der Waals surface area contributed by atoms with Gasteiger partial charge in [-0.1, -0.05) is 29.8 Å². The van der Waals surface area contributed by atoms with Crippen LogP contribution in [0.5, 0.6) is 0 Å². The van der Waals surface area contributed by atoms with Gasteiger partial charge in [0.25, 0.3) is 0 Å². The number of amides is 2. The number of hydrogen-bond donors (Lipinski definition) is 2. The van der Waals surface area contributed by atoms with Crippen molar-refractivity contribution in [2.75, 3.05) is 11.1 Å². The van der Waals surface area contributed by atoms with Crippen molar-refractivity contribution in [3.05, 3.63) is 65.0 Å². The maximum absolute atomic E-state index is 13.4. The highest BCUT2D eigenvalue weighted by molar-refractivity contribution is 7.99. The number of halogens is 2. The first-order valence-corrected chi connectivity index (χ1v) is 8.88. The molecule has 25 heavy (non-hydrogen) atoms. The molecule has 2 aromatic carbocycles.